The Bertz CT molecular complexity index is 843. The summed E-state index contributed by atoms with van der Waals surface area (Å²) in [7, 11) is 0. The summed E-state index contributed by atoms with van der Waals surface area (Å²) >= 11 is 0. The highest BCUT2D eigenvalue weighted by molar-refractivity contribution is 5.93. The molecular formula is C21H26F3N3O2. The fourth-order valence-corrected chi connectivity index (χ4v) is 3.73. The van der Waals surface area contributed by atoms with E-state index in [4.69, 9.17) is 4.74 Å². The third-order valence-electron chi connectivity index (χ3n) is 5.17. The molecule has 0 unspecified atom stereocenters. The molecule has 4 rings (SSSR count). The standard InChI is InChI=1S/C19H20F3N3O2.C2H6/c20-13-2-1-3-16(10-13)27-12-14-11-17-18(26)24(8-9-25(17)23-14)15-4-6-19(21,22)7-5-15;1-2/h1-3,10-11,15H,4-9,12H2;1-2H3. The maximum absolute atomic E-state index is 13.4. The van der Waals surface area contributed by atoms with E-state index in [0.717, 1.165) is 0 Å². The SMILES string of the molecule is CC.O=C1c2cc(COc3cccc(F)c3)nn2CCN1C1CCC(F)(F)CC1. The van der Waals surface area contributed by atoms with Gasteiger partial charge in [0, 0.05) is 31.5 Å². The van der Waals surface area contributed by atoms with E-state index in [-0.39, 0.29) is 37.2 Å². The second-order valence-electron chi connectivity index (χ2n) is 7.08. The molecule has 0 bridgehead atoms. The summed E-state index contributed by atoms with van der Waals surface area (Å²) < 4.78 is 47.1. The first-order chi connectivity index (χ1) is 13.9. The lowest BCUT2D eigenvalue weighted by atomic mass is 9.90. The van der Waals surface area contributed by atoms with E-state index in [2.05, 4.69) is 5.10 Å². The Morgan fingerprint density at radius 1 is 1.17 bits per heavy atom. The van der Waals surface area contributed by atoms with E-state index in [9.17, 15) is 18.0 Å². The largest absolute Gasteiger partial charge is 0.487 e. The summed E-state index contributed by atoms with van der Waals surface area (Å²) in [5, 5.41) is 4.37. The first-order valence-corrected chi connectivity index (χ1v) is 10.1. The van der Waals surface area contributed by atoms with Crippen molar-refractivity contribution in [1.29, 1.82) is 0 Å². The number of ether oxygens (including phenoxy) is 1. The first-order valence-electron chi connectivity index (χ1n) is 10.1. The van der Waals surface area contributed by atoms with Gasteiger partial charge < -0.3 is 9.64 Å². The number of hydrogen-bond donors (Lipinski definition) is 0. The number of aromatic nitrogens is 2. The quantitative estimate of drug-likeness (QED) is 0.738. The van der Waals surface area contributed by atoms with Gasteiger partial charge in [0.15, 0.2) is 0 Å². The van der Waals surface area contributed by atoms with Gasteiger partial charge >= 0.3 is 0 Å². The minimum Gasteiger partial charge on any atom is -0.487 e. The van der Waals surface area contributed by atoms with Crippen molar-refractivity contribution in [3.63, 3.8) is 0 Å². The lowest BCUT2D eigenvalue weighted by Gasteiger charge is -2.38. The monoisotopic (exact) mass is 409 g/mol. The van der Waals surface area contributed by atoms with Gasteiger partial charge in [0.05, 0.1) is 6.54 Å². The maximum atomic E-state index is 13.4. The summed E-state index contributed by atoms with van der Waals surface area (Å²) in [5.41, 5.74) is 1.01. The molecule has 29 heavy (non-hydrogen) atoms. The number of hydrogen-bond acceptors (Lipinski definition) is 3. The maximum Gasteiger partial charge on any atom is 0.272 e. The Labute approximate surface area is 168 Å². The van der Waals surface area contributed by atoms with E-state index >= 15 is 0 Å². The van der Waals surface area contributed by atoms with Crippen molar-refractivity contribution >= 4 is 5.91 Å². The Morgan fingerprint density at radius 2 is 1.90 bits per heavy atom. The van der Waals surface area contributed by atoms with Crippen molar-refractivity contribution in [3.05, 3.63) is 47.5 Å². The van der Waals surface area contributed by atoms with E-state index in [1.54, 1.807) is 27.8 Å². The molecule has 2 aromatic rings. The van der Waals surface area contributed by atoms with E-state index in [1.165, 1.54) is 12.1 Å². The van der Waals surface area contributed by atoms with Gasteiger partial charge in [-0.3, -0.25) is 9.48 Å². The molecule has 0 saturated heterocycles. The third kappa shape index (κ3) is 4.92. The van der Waals surface area contributed by atoms with Crippen LogP contribution in [0.2, 0.25) is 0 Å². The molecule has 1 amide bonds. The lowest BCUT2D eigenvalue weighted by Crippen LogP contribution is -2.48. The Morgan fingerprint density at radius 3 is 2.59 bits per heavy atom. The molecule has 1 aromatic heterocycles. The second kappa shape index (κ2) is 8.88. The van der Waals surface area contributed by atoms with Crippen molar-refractivity contribution in [2.24, 2.45) is 0 Å². The van der Waals surface area contributed by atoms with Gasteiger partial charge in [0.2, 0.25) is 5.92 Å². The van der Waals surface area contributed by atoms with Crippen LogP contribution in [-0.4, -0.2) is 39.1 Å². The van der Waals surface area contributed by atoms with Crippen molar-refractivity contribution in [1.82, 2.24) is 14.7 Å². The molecule has 1 aromatic carbocycles. The van der Waals surface area contributed by atoms with Gasteiger partial charge in [-0.1, -0.05) is 19.9 Å². The van der Waals surface area contributed by atoms with Crippen molar-refractivity contribution in [2.75, 3.05) is 6.54 Å². The van der Waals surface area contributed by atoms with Crippen LogP contribution in [0.1, 0.15) is 55.7 Å². The van der Waals surface area contributed by atoms with Crippen LogP contribution >= 0.6 is 0 Å². The van der Waals surface area contributed by atoms with Crippen LogP contribution in [0.3, 0.4) is 0 Å². The molecular weight excluding hydrogens is 383 g/mol. The number of halogens is 3. The van der Waals surface area contributed by atoms with Gasteiger partial charge in [0.25, 0.3) is 5.91 Å². The topological polar surface area (TPSA) is 47.4 Å². The summed E-state index contributed by atoms with van der Waals surface area (Å²) in [4.78, 5) is 14.5. The Kier molecular flexibility index (Phi) is 6.49. The van der Waals surface area contributed by atoms with Crippen LogP contribution in [0.25, 0.3) is 0 Å². The highest BCUT2D eigenvalue weighted by Gasteiger charge is 2.39. The molecule has 158 valence electrons. The van der Waals surface area contributed by atoms with Gasteiger partial charge in [-0.2, -0.15) is 5.10 Å². The highest BCUT2D eigenvalue weighted by atomic mass is 19.3. The average Bonchev–Trinajstić information content (AvgIpc) is 3.13. The summed E-state index contributed by atoms with van der Waals surface area (Å²) in [6.07, 6.45) is 0.297. The predicted octanol–water partition coefficient (Wildman–Crippen LogP) is 4.66. The minimum absolute atomic E-state index is 0.117. The van der Waals surface area contributed by atoms with Crippen LogP contribution in [0.15, 0.2) is 30.3 Å². The van der Waals surface area contributed by atoms with Crippen LogP contribution in [0.5, 0.6) is 5.75 Å². The molecule has 2 heterocycles. The number of alkyl halides is 2. The minimum atomic E-state index is -2.61. The van der Waals surface area contributed by atoms with Crippen LogP contribution in [-0.2, 0) is 13.2 Å². The number of rotatable bonds is 4. The fourth-order valence-electron chi connectivity index (χ4n) is 3.73. The van der Waals surface area contributed by atoms with Gasteiger partial charge in [-0.05, 0) is 31.0 Å². The van der Waals surface area contributed by atoms with Crippen LogP contribution in [0.4, 0.5) is 13.2 Å². The number of amides is 1. The molecule has 0 radical (unpaired) electrons. The Hall–Kier alpha value is -2.51. The third-order valence-corrected chi connectivity index (χ3v) is 5.17. The normalized spacial score (nSPS) is 18.7. The molecule has 0 N–H and O–H groups in total. The molecule has 1 fully saturated rings. The average molecular weight is 409 g/mol. The molecule has 8 heteroatoms. The first kappa shape index (κ1) is 21.2. The van der Waals surface area contributed by atoms with E-state index in [1.807, 2.05) is 13.8 Å². The Balaban J connectivity index is 0.00000117. The van der Waals surface area contributed by atoms with Crippen LogP contribution < -0.4 is 4.74 Å². The highest BCUT2D eigenvalue weighted by Crippen LogP contribution is 2.36. The van der Waals surface area contributed by atoms with E-state index in [0.29, 0.717) is 43.1 Å². The van der Waals surface area contributed by atoms with Gasteiger partial charge in [-0.25, -0.2) is 13.2 Å². The number of benzene rings is 1. The lowest BCUT2D eigenvalue weighted by molar-refractivity contribution is -0.0520. The fraction of sp³-hybridized carbons (Fsp3) is 0.524. The number of fused-ring (bicyclic) bond motifs is 1. The molecule has 2 aliphatic rings. The summed E-state index contributed by atoms with van der Waals surface area (Å²) in [5.74, 6) is -2.79. The second-order valence-corrected chi connectivity index (χ2v) is 7.08. The zero-order chi connectivity index (χ0) is 21.0. The zero-order valence-electron chi connectivity index (χ0n) is 16.7. The number of carbonyl (C=O) groups is 1. The molecule has 1 aliphatic heterocycles. The number of carbonyl (C=O) groups excluding carboxylic acids is 1. The molecule has 0 atom stereocenters. The molecule has 1 aliphatic carbocycles. The molecule has 1 saturated carbocycles. The van der Waals surface area contributed by atoms with Crippen LogP contribution in [0, 0.1) is 5.82 Å². The van der Waals surface area contributed by atoms with Crippen molar-refractivity contribution < 1.29 is 22.7 Å². The van der Waals surface area contributed by atoms with Crippen molar-refractivity contribution in [3.8, 4) is 5.75 Å². The summed E-state index contributed by atoms with van der Waals surface area (Å²) in [6.45, 7) is 5.11. The smallest absolute Gasteiger partial charge is 0.272 e. The van der Waals surface area contributed by atoms with E-state index < -0.39 is 5.92 Å². The van der Waals surface area contributed by atoms with Crippen molar-refractivity contribution in [2.45, 2.75) is 64.6 Å². The molecule has 0 spiro atoms. The predicted molar refractivity (Wildman–Crippen MR) is 103 cm³/mol. The van der Waals surface area contributed by atoms with Gasteiger partial charge in [0.1, 0.15) is 29.6 Å². The molecule has 5 nitrogen and oxygen atoms in total. The summed E-state index contributed by atoms with van der Waals surface area (Å²) in [6, 6.07) is 7.32. The van der Waals surface area contributed by atoms with Gasteiger partial charge in [-0.15, -0.1) is 0 Å². The number of nitrogens with zero attached hydrogens (tertiary/aromatic N) is 3. The zero-order valence-corrected chi connectivity index (χ0v) is 16.7.